The van der Waals surface area contributed by atoms with Gasteiger partial charge in [-0.2, -0.15) is 5.06 Å². The average Bonchev–Trinajstić information content (AvgIpc) is 2.43. The fraction of sp³-hybridized carbons (Fsp3) is 0.556. The number of carbonyl (C=O) groups excluding carboxylic acids is 2. The predicted molar refractivity (Wildman–Crippen MR) is 47.5 cm³/mol. The van der Waals surface area contributed by atoms with Crippen LogP contribution in [-0.4, -0.2) is 34.6 Å². The van der Waals surface area contributed by atoms with E-state index in [0.717, 1.165) is 0 Å². The number of nitrogens with zero attached hydrogens (tertiary/aromatic N) is 2. The van der Waals surface area contributed by atoms with Crippen molar-refractivity contribution in [1.82, 2.24) is 9.96 Å². The summed E-state index contributed by atoms with van der Waals surface area (Å²) >= 11 is 0. The van der Waals surface area contributed by atoms with Gasteiger partial charge in [0.25, 0.3) is 5.91 Å². The number of carbonyl (C=O) groups is 2. The van der Waals surface area contributed by atoms with E-state index in [2.05, 4.69) is 0 Å². The smallest absolute Gasteiger partial charge is 0.273 e. The molecule has 1 fully saturated rings. The van der Waals surface area contributed by atoms with Gasteiger partial charge in [0, 0.05) is 25.1 Å². The molecular weight excluding hydrogens is 184 g/mol. The third-order valence-electron chi connectivity index (χ3n) is 2.79. The van der Waals surface area contributed by atoms with Crippen molar-refractivity contribution < 1.29 is 14.4 Å². The minimum absolute atomic E-state index is 0.0262. The highest BCUT2D eigenvalue weighted by molar-refractivity contribution is 5.92. The zero-order chi connectivity index (χ0) is 10.3. The van der Waals surface area contributed by atoms with E-state index in [4.69, 9.17) is 4.84 Å². The first-order chi connectivity index (χ1) is 6.59. The fourth-order valence-electron chi connectivity index (χ4n) is 2.03. The SMILES string of the molecule is CON1C(=O)C=CN2C(=O)CC[C@]21C. The van der Waals surface area contributed by atoms with E-state index in [9.17, 15) is 9.59 Å². The second-order valence-electron chi connectivity index (χ2n) is 3.61. The Morgan fingerprint density at radius 3 is 2.86 bits per heavy atom. The van der Waals surface area contributed by atoms with Gasteiger partial charge < -0.3 is 0 Å². The summed E-state index contributed by atoms with van der Waals surface area (Å²) in [5.74, 6) is -0.195. The quantitative estimate of drug-likeness (QED) is 0.603. The Labute approximate surface area is 81.9 Å². The molecule has 0 unspecified atom stereocenters. The van der Waals surface area contributed by atoms with Crippen LogP contribution < -0.4 is 0 Å². The van der Waals surface area contributed by atoms with Crippen LogP contribution in [0.5, 0.6) is 0 Å². The molecule has 1 atom stereocenters. The molecule has 5 nitrogen and oxygen atoms in total. The Morgan fingerprint density at radius 1 is 1.50 bits per heavy atom. The summed E-state index contributed by atoms with van der Waals surface area (Å²) in [6.45, 7) is 1.82. The molecule has 2 amide bonds. The van der Waals surface area contributed by atoms with Crippen molar-refractivity contribution in [2.24, 2.45) is 0 Å². The minimum Gasteiger partial charge on any atom is -0.293 e. The monoisotopic (exact) mass is 196 g/mol. The molecule has 0 aliphatic carbocycles. The molecule has 2 aliphatic rings. The highest BCUT2D eigenvalue weighted by Crippen LogP contribution is 2.36. The molecule has 0 aromatic heterocycles. The van der Waals surface area contributed by atoms with Gasteiger partial charge in [0.1, 0.15) is 5.66 Å². The van der Waals surface area contributed by atoms with Crippen molar-refractivity contribution in [2.75, 3.05) is 7.11 Å². The van der Waals surface area contributed by atoms with Crippen LogP contribution in [-0.2, 0) is 14.4 Å². The Bertz CT molecular complexity index is 326. The second-order valence-corrected chi connectivity index (χ2v) is 3.61. The summed E-state index contributed by atoms with van der Waals surface area (Å²) in [6, 6.07) is 0. The van der Waals surface area contributed by atoms with Crippen LogP contribution in [0.1, 0.15) is 19.8 Å². The fourth-order valence-corrected chi connectivity index (χ4v) is 2.03. The summed E-state index contributed by atoms with van der Waals surface area (Å²) in [4.78, 5) is 29.5. The van der Waals surface area contributed by atoms with Gasteiger partial charge in [0.15, 0.2) is 0 Å². The maximum atomic E-state index is 11.5. The van der Waals surface area contributed by atoms with E-state index in [1.807, 2.05) is 6.92 Å². The lowest BCUT2D eigenvalue weighted by Gasteiger charge is -2.42. The topological polar surface area (TPSA) is 49.9 Å². The summed E-state index contributed by atoms with van der Waals surface area (Å²) < 4.78 is 0. The molecule has 0 N–H and O–H groups in total. The summed E-state index contributed by atoms with van der Waals surface area (Å²) in [7, 11) is 1.43. The Kier molecular flexibility index (Phi) is 1.85. The van der Waals surface area contributed by atoms with Crippen molar-refractivity contribution in [3.05, 3.63) is 12.3 Å². The first-order valence-corrected chi connectivity index (χ1v) is 4.48. The molecule has 14 heavy (non-hydrogen) atoms. The molecule has 76 valence electrons. The van der Waals surface area contributed by atoms with E-state index >= 15 is 0 Å². The predicted octanol–water partition coefficient (Wildman–Crippen LogP) is 0.242. The minimum atomic E-state index is -0.641. The first kappa shape index (κ1) is 9.21. The van der Waals surface area contributed by atoms with Crippen molar-refractivity contribution >= 4 is 11.8 Å². The molecule has 2 rings (SSSR count). The maximum absolute atomic E-state index is 11.5. The van der Waals surface area contributed by atoms with Crippen molar-refractivity contribution in [3.63, 3.8) is 0 Å². The third-order valence-corrected chi connectivity index (χ3v) is 2.79. The van der Waals surface area contributed by atoms with Gasteiger partial charge in [-0.3, -0.25) is 19.3 Å². The third kappa shape index (κ3) is 0.988. The number of hydroxylamine groups is 2. The lowest BCUT2D eigenvalue weighted by molar-refractivity contribution is -0.224. The van der Waals surface area contributed by atoms with Crippen LogP contribution in [0.25, 0.3) is 0 Å². The summed E-state index contributed by atoms with van der Waals surface area (Å²) in [6.07, 6.45) is 3.94. The van der Waals surface area contributed by atoms with Gasteiger partial charge in [-0.1, -0.05) is 0 Å². The van der Waals surface area contributed by atoms with Gasteiger partial charge in [-0.25, -0.2) is 0 Å². The van der Waals surface area contributed by atoms with Crippen LogP contribution >= 0.6 is 0 Å². The Hall–Kier alpha value is -1.36. The zero-order valence-corrected chi connectivity index (χ0v) is 8.19. The molecule has 0 aromatic carbocycles. The van der Waals surface area contributed by atoms with E-state index in [0.29, 0.717) is 12.8 Å². The Morgan fingerprint density at radius 2 is 2.21 bits per heavy atom. The highest BCUT2D eigenvalue weighted by Gasteiger charge is 2.49. The van der Waals surface area contributed by atoms with Gasteiger partial charge in [-0.05, 0) is 6.92 Å². The molecule has 1 saturated heterocycles. The van der Waals surface area contributed by atoms with Crippen molar-refractivity contribution in [1.29, 1.82) is 0 Å². The van der Waals surface area contributed by atoms with E-state index in [-0.39, 0.29) is 11.8 Å². The van der Waals surface area contributed by atoms with Crippen molar-refractivity contribution in [3.8, 4) is 0 Å². The second kappa shape index (κ2) is 2.81. The number of hydrogen-bond donors (Lipinski definition) is 0. The number of amides is 2. The normalized spacial score (nSPS) is 31.3. The molecule has 0 radical (unpaired) electrons. The maximum Gasteiger partial charge on any atom is 0.273 e. The van der Waals surface area contributed by atoms with Gasteiger partial charge >= 0.3 is 0 Å². The van der Waals surface area contributed by atoms with Crippen LogP contribution in [0.3, 0.4) is 0 Å². The molecule has 0 aromatic rings. The van der Waals surface area contributed by atoms with Gasteiger partial charge in [0.2, 0.25) is 5.91 Å². The summed E-state index contributed by atoms with van der Waals surface area (Å²) in [5, 5.41) is 1.25. The van der Waals surface area contributed by atoms with E-state index in [1.165, 1.54) is 24.4 Å². The number of rotatable bonds is 1. The van der Waals surface area contributed by atoms with Crippen LogP contribution in [0.2, 0.25) is 0 Å². The lowest BCUT2D eigenvalue weighted by Crippen LogP contribution is -2.58. The molecule has 0 spiro atoms. The van der Waals surface area contributed by atoms with Gasteiger partial charge in [0.05, 0.1) is 7.11 Å². The first-order valence-electron chi connectivity index (χ1n) is 4.48. The number of fused-ring (bicyclic) bond motifs is 1. The standard InChI is InChI=1S/C9H12N2O3/c1-9-5-3-7(12)10(9)6-4-8(13)11(9)14-2/h4,6H,3,5H2,1-2H3/t9-/m1/s1. The van der Waals surface area contributed by atoms with Crippen molar-refractivity contribution in [2.45, 2.75) is 25.4 Å². The summed E-state index contributed by atoms with van der Waals surface area (Å²) in [5.41, 5.74) is -0.641. The number of hydrogen-bond acceptors (Lipinski definition) is 3. The van der Waals surface area contributed by atoms with E-state index < -0.39 is 5.66 Å². The molecular formula is C9H12N2O3. The lowest BCUT2D eigenvalue weighted by atomic mass is 10.1. The van der Waals surface area contributed by atoms with Crippen LogP contribution in [0.4, 0.5) is 0 Å². The van der Waals surface area contributed by atoms with Crippen LogP contribution in [0, 0.1) is 0 Å². The molecule has 0 bridgehead atoms. The van der Waals surface area contributed by atoms with Crippen LogP contribution in [0.15, 0.2) is 12.3 Å². The molecule has 0 saturated carbocycles. The molecule has 2 aliphatic heterocycles. The Balaban J connectivity index is 2.42. The molecule has 2 heterocycles. The zero-order valence-electron chi connectivity index (χ0n) is 8.19. The molecule has 5 heteroatoms. The van der Waals surface area contributed by atoms with Gasteiger partial charge in [-0.15, -0.1) is 0 Å². The largest absolute Gasteiger partial charge is 0.293 e. The average molecular weight is 196 g/mol. The highest BCUT2D eigenvalue weighted by atomic mass is 16.7. The van der Waals surface area contributed by atoms with E-state index in [1.54, 1.807) is 4.90 Å².